The lowest BCUT2D eigenvalue weighted by Gasteiger charge is -2.34. The highest BCUT2D eigenvalue weighted by molar-refractivity contribution is 7.80. The van der Waals surface area contributed by atoms with Crippen molar-refractivity contribution in [2.75, 3.05) is 0 Å². The third-order valence-electron chi connectivity index (χ3n) is 2.65. The van der Waals surface area contributed by atoms with Crippen molar-refractivity contribution in [1.82, 2.24) is 10.6 Å². The molecule has 1 aliphatic rings. The molecule has 1 aromatic rings. The van der Waals surface area contributed by atoms with E-state index in [2.05, 4.69) is 10.6 Å². The molecule has 1 saturated heterocycles. The number of nitriles is 1. The number of aliphatic hydroxyl groups excluding tert-OH is 1. The highest BCUT2D eigenvalue weighted by Gasteiger charge is 2.36. The van der Waals surface area contributed by atoms with Crippen LogP contribution in [0.15, 0.2) is 24.3 Å². The third kappa shape index (κ3) is 2.20. The van der Waals surface area contributed by atoms with Gasteiger partial charge in [-0.1, -0.05) is 18.2 Å². The summed E-state index contributed by atoms with van der Waals surface area (Å²) in [5.41, 5.74) is 0.321. The molecule has 3 N–H and O–H groups in total. The molecule has 0 bridgehead atoms. The fraction of sp³-hybridized carbons (Fsp3) is 0.273. The lowest BCUT2D eigenvalue weighted by atomic mass is 9.91. The van der Waals surface area contributed by atoms with E-state index in [1.54, 1.807) is 18.2 Å². The van der Waals surface area contributed by atoms with E-state index in [-0.39, 0.29) is 5.11 Å². The van der Waals surface area contributed by atoms with Crippen LogP contribution in [0.4, 0.5) is 4.39 Å². The monoisotopic (exact) mass is 251 g/mol. The van der Waals surface area contributed by atoms with E-state index in [1.165, 1.54) is 6.07 Å². The van der Waals surface area contributed by atoms with Gasteiger partial charge in [-0.3, -0.25) is 0 Å². The summed E-state index contributed by atoms with van der Waals surface area (Å²) in [5.74, 6) is -1.24. The lowest BCUT2D eigenvalue weighted by molar-refractivity contribution is 0.0888. The maximum Gasteiger partial charge on any atom is 0.168 e. The van der Waals surface area contributed by atoms with Crippen molar-refractivity contribution in [2.24, 2.45) is 5.92 Å². The number of hydrogen-bond acceptors (Lipinski definition) is 3. The van der Waals surface area contributed by atoms with Gasteiger partial charge in [0.25, 0.3) is 0 Å². The quantitative estimate of drug-likeness (QED) is 0.644. The normalized spacial score (nSPS) is 27.8. The Kier molecular flexibility index (Phi) is 3.22. The van der Waals surface area contributed by atoms with Crippen LogP contribution < -0.4 is 10.6 Å². The van der Waals surface area contributed by atoms with E-state index in [9.17, 15) is 9.50 Å². The Morgan fingerprint density at radius 3 is 2.71 bits per heavy atom. The summed E-state index contributed by atoms with van der Waals surface area (Å²) in [4.78, 5) is 0. The first kappa shape index (κ1) is 11.8. The van der Waals surface area contributed by atoms with Crippen molar-refractivity contribution in [3.05, 3.63) is 35.6 Å². The van der Waals surface area contributed by atoms with Gasteiger partial charge in [0.2, 0.25) is 0 Å². The Bertz CT molecular complexity index is 488. The number of halogens is 1. The van der Waals surface area contributed by atoms with Gasteiger partial charge in [0.05, 0.1) is 12.1 Å². The SMILES string of the molecule is N#C[C@@H]1[C@@H](O)NC(=S)N[C@H]1c1ccccc1F. The second-order valence-corrected chi connectivity index (χ2v) is 4.12. The van der Waals surface area contributed by atoms with Gasteiger partial charge in [0.1, 0.15) is 18.0 Å². The molecule has 0 saturated carbocycles. The average molecular weight is 251 g/mol. The zero-order chi connectivity index (χ0) is 12.4. The van der Waals surface area contributed by atoms with E-state index in [1.807, 2.05) is 6.07 Å². The lowest BCUT2D eigenvalue weighted by Crippen LogP contribution is -2.56. The van der Waals surface area contributed by atoms with Crippen LogP contribution in [0.2, 0.25) is 0 Å². The molecular formula is C11H10FN3OS. The van der Waals surface area contributed by atoms with E-state index in [0.717, 1.165) is 0 Å². The molecule has 1 aromatic carbocycles. The molecule has 2 rings (SSSR count). The molecule has 17 heavy (non-hydrogen) atoms. The van der Waals surface area contributed by atoms with Crippen LogP contribution in [-0.4, -0.2) is 16.4 Å². The molecule has 0 aliphatic carbocycles. The van der Waals surface area contributed by atoms with Gasteiger partial charge in [-0.2, -0.15) is 5.26 Å². The van der Waals surface area contributed by atoms with Crippen LogP contribution in [0.1, 0.15) is 11.6 Å². The maximum atomic E-state index is 13.6. The number of rotatable bonds is 1. The maximum absolute atomic E-state index is 13.6. The zero-order valence-electron chi connectivity index (χ0n) is 8.72. The van der Waals surface area contributed by atoms with Gasteiger partial charge in [-0.25, -0.2) is 4.39 Å². The molecule has 88 valence electrons. The molecule has 1 fully saturated rings. The predicted octanol–water partition coefficient (Wildman–Crippen LogP) is 0.803. The zero-order valence-corrected chi connectivity index (χ0v) is 9.54. The number of hydrogen-bond donors (Lipinski definition) is 3. The number of nitrogens with zero attached hydrogens (tertiary/aromatic N) is 1. The summed E-state index contributed by atoms with van der Waals surface area (Å²) >= 11 is 4.89. The standard InChI is InChI=1S/C11H10FN3OS/c12-8-4-2-1-3-6(8)9-7(5-13)10(16)15-11(17)14-9/h1-4,7,9-10,16H,(H2,14,15,17)/t7-,9-,10+/m0/s1. The minimum absolute atomic E-state index is 0.206. The molecule has 3 atom stereocenters. The fourth-order valence-electron chi connectivity index (χ4n) is 1.82. The van der Waals surface area contributed by atoms with Crippen molar-refractivity contribution in [3.8, 4) is 6.07 Å². The van der Waals surface area contributed by atoms with Gasteiger partial charge >= 0.3 is 0 Å². The first-order valence-corrected chi connectivity index (χ1v) is 5.43. The van der Waals surface area contributed by atoms with Crippen LogP contribution >= 0.6 is 12.2 Å². The van der Waals surface area contributed by atoms with Crippen LogP contribution in [-0.2, 0) is 0 Å². The molecule has 0 amide bonds. The van der Waals surface area contributed by atoms with Gasteiger partial charge < -0.3 is 15.7 Å². The first-order chi connectivity index (χ1) is 8.13. The van der Waals surface area contributed by atoms with Crippen molar-refractivity contribution in [3.63, 3.8) is 0 Å². The van der Waals surface area contributed by atoms with Crippen molar-refractivity contribution in [2.45, 2.75) is 12.3 Å². The molecule has 1 aliphatic heterocycles. The summed E-state index contributed by atoms with van der Waals surface area (Å²) in [6.07, 6.45) is -1.10. The van der Waals surface area contributed by atoms with E-state index in [0.29, 0.717) is 5.56 Å². The van der Waals surface area contributed by atoms with Crippen LogP contribution in [0.5, 0.6) is 0 Å². The topological polar surface area (TPSA) is 68.1 Å². The minimum atomic E-state index is -1.10. The van der Waals surface area contributed by atoms with Crippen LogP contribution in [0.3, 0.4) is 0 Å². The Hall–Kier alpha value is -1.71. The molecule has 1 heterocycles. The second-order valence-electron chi connectivity index (χ2n) is 3.72. The molecule has 6 heteroatoms. The van der Waals surface area contributed by atoms with Crippen LogP contribution in [0, 0.1) is 23.1 Å². The third-order valence-corrected chi connectivity index (χ3v) is 2.89. The van der Waals surface area contributed by atoms with E-state index >= 15 is 0 Å². The van der Waals surface area contributed by atoms with Crippen molar-refractivity contribution >= 4 is 17.3 Å². The van der Waals surface area contributed by atoms with Gasteiger partial charge in [0, 0.05) is 5.56 Å². The van der Waals surface area contributed by atoms with Gasteiger partial charge in [0.15, 0.2) is 5.11 Å². The number of aliphatic hydroxyl groups is 1. The summed E-state index contributed by atoms with van der Waals surface area (Å²) in [6.45, 7) is 0. The molecule has 0 radical (unpaired) electrons. The predicted molar refractivity (Wildman–Crippen MR) is 63.1 cm³/mol. The van der Waals surface area contributed by atoms with Crippen LogP contribution in [0.25, 0.3) is 0 Å². The number of benzene rings is 1. The highest BCUT2D eigenvalue weighted by Crippen LogP contribution is 2.28. The molecule has 0 spiro atoms. The summed E-state index contributed by atoms with van der Waals surface area (Å²) in [6, 6.07) is 7.41. The Labute approximate surface area is 103 Å². The molecule has 4 nitrogen and oxygen atoms in total. The van der Waals surface area contributed by atoms with Crippen molar-refractivity contribution < 1.29 is 9.50 Å². The Morgan fingerprint density at radius 2 is 2.06 bits per heavy atom. The summed E-state index contributed by atoms with van der Waals surface area (Å²) in [7, 11) is 0. The first-order valence-electron chi connectivity index (χ1n) is 5.02. The molecule has 0 aromatic heterocycles. The van der Waals surface area contributed by atoms with Gasteiger partial charge in [-0.15, -0.1) is 0 Å². The highest BCUT2D eigenvalue weighted by atomic mass is 32.1. The minimum Gasteiger partial charge on any atom is -0.372 e. The smallest absolute Gasteiger partial charge is 0.168 e. The molecule has 0 unspecified atom stereocenters. The molecular weight excluding hydrogens is 241 g/mol. The van der Waals surface area contributed by atoms with Crippen molar-refractivity contribution in [1.29, 1.82) is 5.26 Å². The fourth-order valence-corrected chi connectivity index (χ4v) is 2.07. The Morgan fingerprint density at radius 1 is 1.35 bits per heavy atom. The van der Waals surface area contributed by atoms with E-state index < -0.39 is 24.0 Å². The number of thiocarbonyl (C=S) groups is 1. The summed E-state index contributed by atoms with van der Waals surface area (Å²) in [5, 5.41) is 24.2. The average Bonchev–Trinajstić information content (AvgIpc) is 2.28. The Balaban J connectivity index is 2.39. The van der Waals surface area contributed by atoms with Gasteiger partial charge in [-0.05, 0) is 18.3 Å². The van der Waals surface area contributed by atoms with E-state index in [4.69, 9.17) is 17.5 Å². The number of nitrogens with one attached hydrogen (secondary N) is 2. The second kappa shape index (κ2) is 4.65. The largest absolute Gasteiger partial charge is 0.372 e. The summed E-state index contributed by atoms with van der Waals surface area (Å²) < 4.78 is 13.6.